The van der Waals surface area contributed by atoms with Gasteiger partial charge < -0.3 is 41.7 Å². The van der Waals surface area contributed by atoms with E-state index in [-0.39, 0.29) is 25.3 Å². The zero-order valence-corrected chi connectivity index (χ0v) is 35.3. The molecule has 0 radical (unpaired) electrons. The zero-order chi connectivity index (χ0) is 44.0. The number of benzene rings is 2. The molecular formula is C44H59F3N8O6. The first-order valence-corrected chi connectivity index (χ1v) is 21.4. The second-order valence-corrected chi connectivity index (χ2v) is 16.9. The van der Waals surface area contributed by atoms with Crippen LogP contribution >= 0.6 is 0 Å². The van der Waals surface area contributed by atoms with Crippen molar-refractivity contribution in [3.05, 3.63) is 70.8 Å². The van der Waals surface area contributed by atoms with Crippen molar-refractivity contribution in [3.63, 3.8) is 0 Å². The van der Waals surface area contributed by atoms with Gasteiger partial charge in [0, 0.05) is 12.8 Å². The average molecular weight is 853 g/mol. The Morgan fingerprint density at radius 2 is 1.16 bits per heavy atom. The Hall–Kier alpha value is -5.03. The minimum absolute atomic E-state index is 0.266. The Bertz CT molecular complexity index is 1950. The smallest absolute Gasteiger partial charge is 0.267 e. The molecule has 6 amide bonds. The lowest BCUT2D eigenvalue weighted by Gasteiger charge is -2.33. The molecule has 332 valence electrons. The number of fused-ring (bicyclic) bond motifs is 2. The Morgan fingerprint density at radius 3 is 1.66 bits per heavy atom. The summed E-state index contributed by atoms with van der Waals surface area (Å²) in [4.78, 5) is 85.1. The van der Waals surface area contributed by atoms with Crippen LogP contribution in [0.15, 0.2) is 48.5 Å². The predicted octanol–water partition coefficient (Wildman–Crippen LogP) is 2.51. The highest BCUT2D eigenvalue weighted by Gasteiger charge is 2.52. The molecule has 1 unspecified atom stereocenters. The maximum absolute atomic E-state index is 15.3. The molecule has 6 rings (SSSR count). The normalized spacial score (nSPS) is 24.9. The van der Waals surface area contributed by atoms with Gasteiger partial charge in [-0.05, 0) is 102 Å². The monoisotopic (exact) mass is 852 g/mol. The highest BCUT2D eigenvalue weighted by molar-refractivity contribution is 5.95. The SMILES string of the molecule is CN[C@@H](C)C(=O)N[C@@H](CC[C@H](NC(=O)[C@H](C)NC)C(=O)N1CC(F)(F)C[C@H]1C(=O)N[C@@H]1CCCc2ccccc21)C(=O)N1CC(F)C[C@H]1C(=O)N[C@@H]1CCCc2ccccc21. The molecule has 17 heteroatoms. The molecule has 9 atom stereocenters. The fourth-order valence-electron chi connectivity index (χ4n) is 9.01. The molecule has 0 bridgehead atoms. The molecule has 2 aromatic carbocycles. The maximum atomic E-state index is 15.3. The van der Waals surface area contributed by atoms with Crippen LogP contribution in [0.4, 0.5) is 13.2 Å². The van der Waals surface area contributed by atoms with Crippen LogP contribution in [-0.4, -0.2) is 121 Å². The molecule has 2 aliphatic carbocycles. The number of carbonyl (C=O) groups excluding carboxylic acids is 6. The number of aryl methyl sites for hydroxylation is 2. The summed E-state index contributed by atoms with van der Waals surface area (Å²) in [5.74, 6) is -7.71. The topological polar surface area (TPSA) is 181 Å². The molecule has 2 fully saturated rings. The van der Waals surface area contributed by atoms with Gasteiger partial charge in [0.15, 0.2) is 0 Å². The van der Waals surface area contributed by atoms with Gasteiger partial charge in [-0.1, -0.05) is 48.5 Å². The lowest BCUT2D eigenvalue weighted by molar-refractivity contribution is -0.143. The Labute approximate surface area is 354 Å². The molecule has 0 aromatic heterocycles. The van der Waals surface area contributed by atoms with Crippen molar-refractivity contribution in [2.75, 3.05) is 27.2 Å². The number of likely N-dealkylation sites (tertiary alicyclic amines) is 2. The minimum atomic E-state index is -3.42. The van der Waals surface area contributed by atoms with E-state index in [0.717, 1.165) is 57.7 Å². The van der Waals surface area contributed by atoms with Crippen LogP contribution in [0.1, 0.15) is 99.6 Å². The Morgan fingerprint density at radius 1 is 0.705 bits per heavy atom. The van der Waals surface area contributed by atoms with E-state index >= 15 is 13.2 Å². The summed E-state index contributed by atoms with van der Waals surface area (Å²) in [6.45, 7) is 1.59. The van der Waals surface area contributed by atoms with Crippen LogP contribution < -0.4 is 31.9 Å². The number of hydrogen-bond acceptors (Lipinski definition) is 8. The highest BCUT2D eigenvalue weighted by atomic mass is 19.3. The second kappa shape index (κ2) is 19.8. The predicted molar refractivity (Wildman–Crippen MR) is 221 cm³/mol. The van der Waals surface area contributed by atoms with Crippen LogP contribution in [0.5, 0.6) is 0 Å². The van der Waals surface area contributed by atoms with Gasteiger partial charge in [0.1, 0.15) is 30.3 Å². The van der Waals surface area contributed by atoms with Crippen molar-refractivity contribution in [2.45, 2.75) is 138 Å². The number of nitrogens with one attached hydrogen (secondary N) is 6. The molecule has 0 saturated carbocycles. The molecule has 14 nitrogen and oxygen atoms in total. The van der Waals surface area contributed by atoms with E-state index in [1.54, 1.807) is 6.92 Å². The first kappa shape index (κ1) is 45.5. The molecule has 2 aromatic rings. The average Bonchev–Trinajstić information content (AvgIpc) is 3.82. The lowest BCUT2D eigenvalue weighted by Crippen LogP contribution is -2.58. The highest BCUT2D eigenvalue weighted by Crippen LogP contribution is 2.36. The zero-order valence-electron chi connectivity index (χ0n) is 35.3. The van der Waals surface area contributed by atoms with Crippen LogP contribution in [0.25, 0.3) is 0 Å². The third-order valence-corrected chi connectivity index (χ3v) is 12.7. The summed E-state index contributed by atoms with van der Waals surface area (Å²) >= 11 is 0. The van der Waals surface area contributed by atoms with Gasteiger partial charge in [-0.3, -0.25) is 28.8 Å². The van der Waals surface area contributed by atoms with Gasteiger partial charge in [0.25, 0.3) is 5.92 Å². The summed E-state index contributed by atoms with van der Waals surface area (Å²) in [6.07, 6.45) is 1.13. The first-order chi connectivity index (χ1) is 29.1. The van der Waals surface area contributed by atoms with Crippen molar-refractivity contribution in [2.24, 2.45) is 0 Å². The summed E-state index contributed by atoms with van der Waals surface area (Å²) in [7, 11) is 3.06. The summed E-state index contributed by atoms with van der Waals surface area (Å²) < 4.78 is 45.7. The van der Waals surface area contributed by atoms with Crippen molar-refractivity contribution in [1.82, 2.24) is 41.7 Å². The molecule has 6 N–H and O–H groups in total. The molecule has 4 aliphatic rings. The first-order valence-electron chi connectivity index (χ1n) is 21.4. The largest absolute Gasteiger partial charge is 0.347 e. The van der Waals surface area contributed by atoms with E-state index in [0.29, 0.717) is 12.8 Å². The summed E-state index contributed by atoms with van der Waals surface area (Å²) in [5, 5.41) is 16.8. The van der Waals surface area contributed by atoms with Crippen molar-refractivity contribution >= 4 is 35.4 Å². The number of likely N-dealkylation sites (N-methyl/N-ethyl adjacent to an activating group) is 2. The van der Waals surface area contributed by atoms with Crippen LogP contribution in [0.2, 0.25) is 0 Å². The van der Waals surface area contributed by atoms with Crippen molar-refractivity contribution in [3.8, 4) is 0 Å². The standard InChI is InChI=1S/C44H59F3N8O6/c1-25(48-3)38(56)52-34(42(60)54-23-29(45)21-36(54)40(58)50-32-17-9-13-27-11-5-7-15-30(27)32)19-20-35(53-39(57)26(2)49-4)43(61)55-24-44(46,47)22-37(55)41(59)51-33-18-10-14-28-12-6-8-16-31(28)33/h5-8,11-12,15-16,25-26,29,32-37,48-49H,9-10,13-14,17-24H2,1-4H3,(H,50,58)(H,51,59)(H,52,56)(H,53,57)/t25-,26-,29?,32+,33+,34-,35-,36-,37-/m0/s1. The summed E-state index contributed by atoms with van der Waals surface area (Å²) in [6, 6.07) is 7.23. The van der Waals surface area contributed by atoms with Gasteiger partial charge in [-0.15, -0.1) is 0 Å². The second-order valence-electron chi connectivity index (χ2n) is 16.9. The number of alkyl halides is 3. The van der Waals surface area contributed by atoms with E-state index in [1.807, 2.05) is 48.5 Å². The minimum Gasteiger partial charge on any atom is -0.347 e. The fourth-order valence-corrected chi connectivity index (χ4v) is 9.01. The number of hydrogen-bond donors (Lipinski definition) is 6. The van der Waals surface area contributed by atoms with E-state index < -0.39 is 109 Å². The molecule has 0 spiro atoms. The van der Waals surface area contributed by atoms with Gasteiger partial charge in [-0.2, -0.15) is 0 Å². The number of amides is 6. The van der Waals surface area contributed by atoms with Crippen molar-refractivity contribution in [1.29, 1.82) is 0 Å². The molecule has 61 heavy (non-hydrogen) atoms. The van der Waals surface area contributed by atoms with E-state index in [1.165, 1.54) is 21.0 Å². The van der Waals surface area contributed by atoms with E-state index in [9.17, 15) is 28.8 Å². The summed E-state index contributed by atoms with van der Waals surface area (Å²) in [5.41, 5.74) is 3.99. The molecular weight excluding hydrogens is 794 g/mol. The van der Waals surface area contributed by atoms with E-state index in [4.69, 9.17) is 0 Å². The van der Waals surface area contributed by atoms with Crippen molar-refractivity contribution < 1.29 is 41.9 Å². The quantitative estimate of drug-likeness (QED) is 0.158. The third kappa shape index (κ3) is 10.7. The Balaban J connectivity index is 1.23. The molecule has 2 aliphatic heterocycles. The maximum Gasteiger partial charge on any atom is 0.267 e. The van der Waals surface area contributed by atoms with Gasteiger partial charge in [0.2, 0.25) is 35.4 Å². The van der Waals surface area contributed by atoms with Gasteiger partial charge in [0.05, 0.1) is 37.3 Å². The molecule has 2 saturated heterocycles. The number of rotatable bonds is 15. The van der Waals surface area contributed by atoms with Crippen LogP contribution in [0, 0.1) is 0 Å². The van der Waals surface area contributed by atoms with Gasteiger partial charge in [-0.25, -0.2) is 13.2 Å². The fraction of sp³-hybridized carbons (Fsp3) is 0.591. The molecule has 2 heterocycles. The third-order valence-electron chi connectivity index (χ3n) is 12.7. The van der Waals surface area contributed by atoms with Crippen LogP contribution in [-0.2, 0) is 41.6 Å². The lowest BCUT2D eigenvalue weighted by atomic mass is 9.87. The van der Waals surface area contributed by atoms with E-state index in [2.05, 4.69) is 31.9 Å². The number of halogens is 3. The van der Waals surface area contributed by atoms with Gasteiger partial charge >= 0.3 is 0 Å². The number of nitrogens with zero attached hydrogens (tertiary/aromatic N) is 2. The number of carbonyl (C=O) groups is 6. The Kier molecular flexibility index (Phi) is 14.8. The van der Waals surface area contributed by atoms with Crippen LogP contribution in [0.3, 0.4) is 0 Å².